The highest BCUT2D eigenvalue weighted by Crippen LogP contribution is 2.34. The van der Waals surface area contributed by atoms with E-state index in [1.807, 2.05) is 0 Å². The molecule has 2 aromatic carbocycles. The van der Waals surface area contributed by atoms with Crippen molar-refractivity contribution in [1.29, 1.82) is 0 Å². The summed E-state index contributed by atoms with van der Waals surface area (Å²) >= 11 is 0. The van der Waals surface area contributed by atoms with Gasteiger partial charge in [-0.1, -0.05) is 12.1 Å². The molecule has 1 aliphatic rings. The van der Waals surface area contributed by atoms with Crippen LogP contribution in [0.4, 0.5) is 5.69 Å². The van der Waals surface area contributed by atoms with Gasteiger partial charge in [0, 0.05) is 17.8 Å². The van der Waals surface area contributed by atoms with E-state index in [4.69, 9.17) is 9.47 Å². The van der Waals surface area contributed by atoms with Crippen LogP contribution in [0.5, 0.6) is 11.5 Å². The fourth-order valence-corrected chi connectivity index (χ4v) is 2.18. The number of hydrogen-bond donors (Lipinski definition) is 1. The predicted molar refractivity (Wildman–Crippen MR) is 88.0 cm³/mol. The fourth-order valence-electron chi connectivity index (χ4n) is 2.18. The van der Waals surface area contributed by atoms with Gasteiger partial charge < -0.3 is 19.5 Å². The average molecular weight is 325 g/mol. The molecule has 1 heterocycles. The van der Waals surface area contributed by atoms with Crippen molar-refractivity contribution in [3.8, 4) is 11.5 Å². The Kier molecular flexibility index (Phi) is 4.47. The Morgan fingerprint density at radius 3 is 2.58 bits per heavy atom. The van der Waals surface area contributed by atoms with Gasteiger partial charge in [-0.2, -0.15) is 0 Å². The molecule has 0 unspecified atom stereocenters. The largest absolute Gasteiger partial charge is 0.465 e. The second-order valence-electron chi connectivity index (χ2n) is 5.00. The van der Waals surface area contributed by atoms with Gasteiger partial charge in [0.15, 0.2) is 11.5 Å². The van der Waals surface area contributed by atoms with Crippen LogP contribution < -0.4 is 14.8 Å². The molecule has 6 nitrogen and oxygen atoms in total. The molecule has 6 heteroatoms. The maximum absolute atomic E-state index is 12.0. The van der Waals surface area contributed by atoms with Crippen LogP contribution in [0.2, 0.25) is 0 Å². The van der Waals surface area contributed by atoms with Crippen LogP contribution in [0.15, 0.2) is 48.5 Å². The summed E-state index contributed by atoms with van der Waals surface area (Å²) in [5, 5.41) is 2.75. The summed E-state index contributed by atoms with van der Waals surface area (Å²) < 4.78 is 15.1. The molecule has 3 rings (SSSR count). The van der Waals surface area contributed by atoms with E-state index in [-0.39, 0.29) is 12.7 Å². The first-order valence-electron chi connectivity index (χ1n) is 7.23. The Labute approximate surface area is 138 Å². The lowest BCUT2D eigenvalue weighted by molar-refractivity contribution is -0.111. The van der Waals surface area contributed by atoms with E-state index in [0.717, 1.165) is 5.56 Å². The third-order valence-electron chi connectivity index (χ3n) is 3.40. The highest BCUT2D eigenvalue weighted by molar-refractivity contribution is 6.02. The van der Waals surface area contributed by atoms with Crippen molar-refractivity contribution < 1.29 is 23.8 Å². The van der Waals surface area contributed by atoms with Crippen molar-refractivity contribution in [2.24, 2.45) is 0 Å². The van der Waals surface area contributed by atoms with Crippen molar-refractivity contribution >= 4 is 23.6 Å². The number of rotatable bonds is 4. The standard InChI is InChI=1S/C18H15NO5/c1-22-18(21)13-5-2-12(3-6-13)4-9-17(20)19-14-7-8-15-16(10-14)24-11-23-15/h2-10H,11H2,1H3,(H,19,20)/b9-4+. The minimum atomic E-state index is -0.397. The molecule has 0 fully saturated rings. The Bertz CT molecular complexity index is 796. The lowest BCUT2D eigenvalue weighted by Gasteiger charge is -2.03. The Hall–Kier alpha value is -3.28. The van der Waals surface area contributed by atoms with E-state index in [9.17, 15) is 9.59 Å². The molecule has 0 atom stereocenters. The van der Waals surface area contributed by atoms with Crippen LogP contribution in [-0.2, 0) is 9.53 Å². The zero-order valence-corrected chi connectivity index (χ0v) is 12.9. The van der Waals surface area contributed by atoms with Gasteiger partial charge in [-0.05, 0) is 35.9 Å². The molecule has 1 N–H and O–H groups in total. The predicted octanol–water partition coefficient (Wildman–Crippen LogP) is 2.85. The van der Waals surface area contributed by atoms with Gasteiger partial charge in [0.2, 0.25) is 12.7 Å². The minimum Gasteiger partial charge on any atom is -0.465 e. The third kappa shape index (κ3) is 3.55. The second-order valence-corrected chi connectivity index (χ2v) is 5.00. The highest BCUT2D eigenvalue weighted by Gasteiger charge is 2.13. The van der Waals surface area contributed by atoms with Gasteiger partial charge in [-0.25, -0.2) is 4.79 Å². The lowest BCUT2D eigenvalue weighted by atomic mass is 10.1. The van der Waals surface area contributed by atoms with E-state index in [2.05, 4.69) is 10.1 Å². The number of benzene rings is 2. The van der Waals surface area contributed by atoms with Crippen molar-refractivity contribution in [3.63, 3.8) is 0 Å². The molecule has 122 valence electrons. The Morgan fingerprint density at radius 1 is 1.08 bits per heavy atom. The molecular weight excluding hydrogens is 310 g/mol. The molecule has 0 spiro atoms. The normalized spacial score (nSPS) is 12.2. The molecule has 24 heavy (non-hydrogen) atoms. The summed E-state index contributed by atoms with van der Waals surface area (Å²) in [6.45, 7) is 0.189. The topological polar surface area (TPSA) is 73.9 Å². The summed E-state index contributed by atoms with van der Waals surface area (Å²) in [5.41, 5.74) is 1.87. The van der Waals surface area contributed by atoms with E-state index >= 15 is 0 Å². The number of amides is 1. The fraction of sp³-hybridized carbons (Fsp3) is 0.111. The molecule has 1 amide bonds. The molecule has 0 aromatic heterocycles. The summed E-state index contributed by atoms with van der Waals surface area (Å²) in [7, 11) is 1.33. The zero-order chi connectivity index (χ0) is 16.9. The van der Waals surface area contributed by atoms with Crippen molar-refractivity contribution in [2.75, 3.05) is 19.2 Å². The summed E-state index contributed by atoms with van der Waals surface area (Å²) in [5.74, 6) is 0.599. The van der Waals surface area contributed by atoms with Gasteiger partial charge in [0.1, 0.15) is 0 Å². The van der Waals surface area contributed by atoms with E-state index in [0.29, 0.717) is 22.7 Å². The molecule has 0 saturated heterocycles. The van der Waals surface area contributed by atoms with Crippen LogP contribution in [-0.4, -0.2) is 25.8 Å². The number of carbonyl (C=O) groups is 2. The van der Waals surface area contributed by atoms with Gasteiger partial charge in [0.05, 0.1) is 12.7 Å². The quantitative estimate of drug-likeness (QED) is 0.691. The number of anilines is 1. The van der Waals surface area contributed by atoms with Crippen molar-refractivity contribution in [2.45, 2.75) is 0 Å². The number of nitrogens with one attached hydrogen (secondary N) is 1. The maximum atomic E-state index is 12.0. The summed E-state index contributed by atoms with van der Waals surface area (Å²) in [4.78, 5) is 23.3. The number of hydrogen-bond acceptors (Lipinski definition) is 5. The minimum absolute atomic E-state index is 0.189. The Balaban J connectivity index is 1.62. The first kappa shape index (κ1) is 15.6. The van der Waals surface area contributed by atoms with Gasteiger partial charge >= 0.3 is 5.97 Å². The maximum Gasteiger partial charge on any atom is 0.337 e. The highest BCUT2D eigenvalue weighted by atomic mass is 16.7. The molecule has 2 aromatic rings. The molecule has 0 bridgehead atoms. The smallest absolute Gasteiger partial charge is 0.337 e. The van der Waals surface area contributed by atoms with Crippen LogP contribution in [0.3, 0.4) is 0 Å². The number of methoxy groups -OCH3 is 1. The van der Waals surface area contributed by atoms with Crippen molar-refractivity contribution in [1.82, 2.24) is 0 Å². The van der Waals surface area contributed by atoms with Gasteiger partial charge in [-0.3, -0.25) is 4.79 Å². The zero-order valence-electron chi connectivity index (χ0n) is 12.9. The number of carbonyl (C=O) groups excluding carboxylic acids is 2. The third-order valence-corrected chi connectivity index (χ3v) is 3.40. The van der Waals surface area contributed by atoms with Crippen LogP contribution in [0.1, 0.15) is 15.9 Å². The van der Waals surface area contributed by atoms with Gasteiger partial charge in [0.25, 0.3) is 0 Å². The first-order valence-corrected chi connectivity index (χ1v) is 7.23. The van der Waals surface area contributed by atoms with Crippen LogP contribution in [0, 0.1) is 0 Å². The lowest BCUT2D eigenvalue weighted by Crippen LogP contribution is -2.07. The molecular formula is C18H15NO5. The van der Waals surface area contributed by atoms with Gasteiger partial charge in [-0.15, -0.1) is 0 Å². The summed E-state index contributed by atoms with van der Waals surface area (Å²) in [6, 6.07) is 11.9. The number of fused-ring (bicyclic) bond motifs is 1. The van der Waals surface area contributed by atoms with Crippen LogP contribution in [0.25, 0.3) is 6.08 Å². The van der Waals surface area contributed by atoms with Crippen molar-refractivity contribution in [3.05, 3.63) is 59.7 Å². The summed E-state index contributed by atoms with van der Waals surface area (Å²) in [6.07, 6.45) is 3.07. The van der Waals surface area contributed by atoms with E-state index < -0.39 is 5.97 Å². The SMILES string of the molecule is COC(=O)c1ccc(/C=C/C(=O)Nc2ccc3c(c2)OCO3)cc1. The molecule has 0 saturated carbocycles. The number of ether oxygens (including phenoxy) is 3. The Morgan fingerprint density at radius 2 is 1.83 bits per heavy atom. The van der Waals surface area contributed by atoms with E-state index in [1.165, 1.54) is 13.2 Å². The molecule has 1 aliphatic heterocycles. The number of esters is 1. The van der Waals surface area contributed by atoms with Crippen LogP contribution >= 0.6 is 0 Å². The molecule has 0 radical (unpaired) electrons. The first-order chi connectivity index (χ1) is 11.7. The monoisotopic (exact) mass is 325 g/mol. The average Bonchev–Trinajstić information content (AvgIpc) is 3.07. The van der Waals surface area contributed by atoms with E-state index in [1.54, 1.807) is 48.5 Å². The molecule has 0 aliphatic carbocycles. The second kappa shape index (κ2) is 6.87.